The normalized spacial score (nSPS) is 40.7. The van der Waals surface area contributed by atoms with E-state index in [9.17, 15) is 24.9 Å². The molecule has 0 saturated carbocycles. The predicted molar refractivity (Wildman–Crippen MR) is 54.8 cm³/mol. The SMILES string of the molecule is O=C1C=CC(=O)N1[C@@H]1O[C@H](CO)[C@H](O)[C@H](O)[C@H]1O. The average molecular weight is 259 g/mol. The van der Waals surface area contributed by atoms with E-state index in [1.165, 1.54) is 0 Å². The van der Waals surface area contributed by atoms with Crippen molar-refractivity contribution < 1.29 is 34.8 Å². The molecule has 0 aliphatic carbocycles. The zero-order chi connectivity index (χ0) is 13.4. The summed E-state index contributed by atoms with van der Waals surface area (Å²) in [7, 11) is 0. The molecule has 8 nitrogen and oxygen atoms in total. The summed E-state index contributed by atoms with van der Waals surface area (Å²) in [6.07, 6.45) is -5.38. The van der Waals surface area contributed by atoms with E-state index in [4.69, 9.17) is 9.84 Å². The number of aliphatic hydroxyl groups is 4. The van der Waals surface area contributed by atoms with Crippen LogP contribution in [0, 0.1) is 0 Å². The zero-order valence-corrected chi connectivity index (χ0v) is 9.21. The van der Waals surface area contributed by atoms with Crippen molar-refractivity contribution in [2.75, 3.05) is 6.61 Å². The molecule has 0 bridgehead atoms. The van der Waals surface area contributed by atoms with Gasteiger partial charge in [-0.1, -0.05) is 0 Å². The summed E-state index contributed by atoms with van der Waals surface area (Å²) in [6.45, 7) is -0.620. The largest absolute Gasteiger partial charge is 0.394 e. The highest BCUT2D eigenvalue weighted by molar-refractivity contribution is 6.13. The standard InChI is InChI=1S/C10H13NO7/c12-3-4-7(15)8(16)9(17)10(18-4)11-5(13)1-2-6(11)14/h1-2,4,7-10,12,15-17H,3H2/t4-,7+,8+,9-,10-/m1/s1. The first-order valence-electron chi connectivity index (χ1n) is 5.33. The van der Waals surface area contributed by atoms with E-state index in [0.717, 1.165) is 12.2 Å². The summed E-state index contributed by atoms with van der Waals surface area (Å²) in [4.78, 5) is 23.5. The van der Waals surface area contributed by atoms with Crippen LogP contribution in [0.3, 0.4) is 0 Å². The fourth-order valence-corrected chi connectivity index (χ4v) is 1.96. The molecule has 0 unspecified atom stereocenters. The van der Waals surface area contributed by atoms with Gasteiger partial charge in [0.05, 0.1) is 6.61 Å². The number of carbonyl (C=O) groups excluding carboxylic acids is 2. The Morgan fingerprint density at radius 1 is 1.06 bits per heavy atom. The first-order valence-corrected chi connectivity index (χ1v) is 5.33. The molecule has 100 valence electrons. The van der Waals surface area contributed by atoms with Crippen LogP contribution < -0.4 is 0 Å². The first kappa shape index (κ1) is 13.1. The van der Waals surface area contributed by atoms with Gasteiger partial charge >= 0.3 is 0 Å². The third kappa shape index (κ3) is 1.93. The molecule has 8 heteroatoms. The third-order valence-electron chi connectivity index (χ3n) is 2.96. The Balaban J connectivity index is 2.22. The minimum absolute atomic E-state index is 0.620. The van der Waals surface area contributed by atoms with Gasteiger partial charge in [-0.2, -0.15) is 0 Å². The van der Waals surface area contributed by atoms with Crippen LogP contribution in [0.1, 0.15) is 0 Å². The van der Waals surface area contributed by atoms with Crippen molar-refractivity contribution >= 4 is 11.8 Å². The molecule has 1 saturated heterocycles. The lowest BCUT2D eigenvalue weighted by molar-refractivity contribution is -0.257. The molecule has 2 aliphatic rings. The van der Waals surface area contributed by atoms with Crippen molar-refractivity contribution in [3.8, 4) is 0 Å². The van der Waals surface area contributed by atoms with Gasteiger partial charge in [-0.3, -0.25) is 9.59 Å². The smallest absolute Gasteiger partial charge is 0.255 e. The number of nitrogens with zero attached hydrogens (tertiary/aromatic N) is 1. The molecule has 1 fully saturated rings. The second-order valence-corrected chi connectivity index (χ2v) is 4.10. The lowest BCUT2D eigenvalue weighted by Gasteiger charge is -2.42. The summed E-state index contributed by atoms with van der Waals surface area (Å²) < 4.78 is 5.09. The zero-order valence-electron chi connectivity index (χ0n) is 9.21. The maximum atomic E-state index is 11.4. The quantitative estimate of drug-likeness (QED) is 0.383. The molecular formula is C10H13NO7. The molecule has 2 amide bonds. The van der Waals surface area contributed by atoms with Crippen LogP contribution in [0.5, 0.6) is 0 Å². The van der Waals surface area contributed by atoms with E-state index < -0.39 is 49.1 Å². The van der Waals surface area contributed by atoms with E-state index in [-0.39, 0.29) is 0 Å². The van der Waals surface area contributed by atoms with Gasteiger partial charge in [-0.15, -0.1) is 0 Å². The number of aliphatic hydroxyl groups excluding tert-OH is 4. The van der Waals surface area contributed by atoms with Gasteiger partial charge in [-0.25, -0.2) is 4.90 Å². The van der Waals surface area contributed by atoms with Crippen molar-refractivity contribution in [3.05, 3.63) is 12.2 Å². The molecule has 0 aromatic carbocycles. The van der Waals surface area contributed by atoms with Crippen LogP contribution in [0.15, 0.2) is 12.2 Å². The fourth-order valence-electron chi connectivity index (χ4n) is 1.96. The monoisotopic (exact) mass is 259 g/mol. The summed E-state index contributed by atoms with van der Waals surface area (Å²) in [5.74, 6) is -1.38. The fraction of sp³-hybridized carbons (Fsp3) is 0.600. The van der Waals surface area contributed by atoms with Gasteiger partial charge in [0.2, 0.25) is 0 Å². The number of hydrogen-bond donors (Lipinski definition) is 4. The summed E-state index contributed by atoms with van der Waals surface area (Å²) in [5, 5.41) is 37.8. The number of carbonyl (C=O) groups is 2. The molecule has 0 aromatic rings. The Morgan fingerprint density at radius 2 is 1.61 bits per heavy atom. The molecule has 2 heterocycles. The van der Waals surface area contributed by atoms with Crippen molar-refractivity contribution in [1.82, 2.24) is 4.90 Å². The summed E-state index contributed by atoms with van der Waals surface area (Å²) in [6, 6.07) is 0. The van der Waals surface area contributed by atoms with Crippen LogP contribution >= 0.6 is 0 Å². The number of imide groups is 1. The van der Waals surface area contributed by atoms with Gasteiger partial charge in [0, 0.05) is 12.2 Å². The van der Waals surface area contributed by atoms with E-state index in [0.29, 0.717) is 4.90 Å². The summed E-state index contributed by atoms with van der Waals surface area (Å²) in [5.41, 5.74) is 0. The second kappa shape index (κ2) is 4.75. The van der Waals surface area contributed by atoms with Crippen molar-refractivity contribution in [3.63, 3.8) is 0 Å². The molecule has 0 spiro atoms. The van der Waals surface area contributed by atoms with Gasteiger partial charge < -0.3 is 25.2 Å². The highest BCUT2D eigenvalue weighted by atomic mass is 16.6. The minimum atomic E-state index is -1.64. The molecule has 0 aromatic heterocycles. The molecule has 0 radical (unpaired) electrons. The number of amides is 2. The van der Waals surface area contributed by atoms with Crippen LogP contribution in [-0.2, 0) is 14.3 Å². The Bertz CT molecular complexity index is 376. The first-order chi connectivity index (χ1) is 8.47. The van der Waals surface area contributed by atoms with Crippen LogP contribution in [-0.4, -0.2) is 74.4 Å². The number of hydrogen-bond acceptors (Lipinski definition) is 7. The van der Waals surface area contributed by atoms with Crippen molar-refractivity contribution in [2.45, 2.75) is 30.6 Å². The van der Waals surface area contributed by atoms with Crippen LogP contribution in [0.4, 0.5) is 0 Å². The lowest BCUT2D eigenvalue weighted by Crippen LogP contribution is -2.64. The molecule has 4 N–H and O–H groups in total. The predicted octanol–water partition coefficient (Wildman–Crippen LogP) is -3.29. The average Bonchev–Trinajstić information content (AvgIpc) is 2.67. The van der Waals surface area contributed by atoms with E-state index in [1.54, 1.807) is 0 Å². The molecule has 18 heavy (non-hydrogen) atoms. The van der Waals surface area contributed by atoms with E-state index in [1.807, 2.05) is 0 Å². The van der Waals surface area contributed by atoms with Gasteiger partial charge in [0.1, 0.15) is 24.4 Å². The van der Waals surface area contributed by atoms with Gasteiger partial charge in [-0.05, 0) is 0 Å². The van der Waals surface area contributed by atoms with Gasteiger partial charge in [0.15, 0.2) is 6.23 Å². The highest BCUT2D eigenvalue weighted by Crippen LogP contribution is 2.25. The molecular weight excluding hydrogens is 246 g/mol. The lowest BCUT2D eigenvalue weighted by atomic mass is 9.98. The maximum Gasteiger partial charge on any atom is 0.255 e. The van der Waals surface area contributed by atoms with Crippen LogP contribution in [0.2, 0.25) is 0 Å². The second-order valence-electron chi connectivity index (χ2n) is 4.10. The van der Waals surface area contributed by atoms with Crippen molar-refractivity contribution in [1.29, 1.82) is 0 Å². The maximum absolute atomic E-state index is 11.4. The highest BCUT2D eigenvalue weighted by Gasteiger charge is 2.48. The minimum Gasteiger partial charge on any atom is -0.394 e. The Hall–Kier alpha value is -1.32. The summed E-state index contributed by atoms with van der Waals surface area (Å²) >= 11 is 0. The Labute approximate surface area is 102 Å². The topological polar surface area (TPSA) is 128 Å². The van der Waals surface area contributed by atoms with E-state index >= 15 is 0 Å². The Morgan fingerprint density at radius 3 is 2.11 bits per heavy atom. The number of rotatable bonds is 2. The van der Waals surface area contributed by atoms with Crippen LogP contribution in [0.25, 0.3) is 0 Å². The number of ether oxygens (including phenoxy) is 1. The molecule has 5 atom stereocenters. The van der Waals surface area contributed by atoms with Gasteiger partial charge in [0.25, 0.3) is 11.8 Å². The van der Waals surface area contributed by atoms with Crippen molar-refractivity contribution in [2.24, 2.45) is 0 Å². The molecule has 2 rings (SSSR count). The Kier molecular flexibility index (Phi) is 3.46. The third-order valence-corrected chi connectivity index (χ3v) is 2.96. The van der Waals surface area contributed by atoms with E-state index in [2.05, 4.69) is 0 Å². The molecule has 2 aliphatic heterocycles.